The molecule has 1 saturated heterocycles. The number of rotatable bonds is 1. The van der Waals surface area contributed by atoms with E-state index in [0.717, 1.165) is 24.9 Å². The van der Waals surface area contributed by atoms with Crippen LogP contribution in [0.4, 0.5) is 4.79 Å². The van der Waals surface area contributed by atoms with Gasteiger partial charge in [-0.15, -0.1) is 0 Å². The molecule has 0 radical (unpaired) electrons. The van der Waals surface area contributed by atoms with Crippen molar-refractivity contribution in [2.24, 2.45) is 11.8 Å². The van der Waals surface area contributed by atoms with Crippen LogP contribution >= 0.6 is 0 Å². The van der Waals surface area contributed by atoms with Crippen molar-refractivity contribution in [3.63, 3.8) is 0 Å². The van der Waals surface area contributed by atoms with Crippen LogP contribution in [0.3, 0.4) is 0 Å². The summed E-state index contributed by atoms with van der Waals surface area (Å²) in [7, 11) is 0. The van der Waals surface area contributed by atoms with Gasteiger partial charge in [0.05, 0.1) is 0 Å². The summed E-state index contributed by atoms with van der Waals surface area (Å²) in [5, 5.41) is 0. The SMILES string of the molecule is CC(C)(C)OC(=O)N1CCC(C2CCCC2)C1. The monoisotopic (exact) mass is 239 g/mol. The number of likely N-dealkylation sites (tertiary alicyclic amines) is 1. The molecule has 0 N–H and O–H groups in total. The Kier molecular flexibility index (Phi) is 3.64. The van der Waals surface area contributed by atoms with Crippen LogP contribution < -0.4 is 0 Å². The van der Waals surface area contributed by atoms with Gasteiger partial charge in [0.25, 0.3) is 0 Å². The highest BCUT2D eigenvalue weighted by Gasteiger charge is 2.34. The second-order valence-electron chi connectivity index (χ2n) is 6.52. The Balaban J connectivity index is 1.82. The average Bonchev–Trinajstić information content (AvgIpc) is 2.86. The van der Waals surface area contributed by atoms with Crippen LogP contribution in [0.1, 0.15) is 52.9 Å². The van der Waals surface area contributed by atoms with Gasteiger partial charge in [-0.05, 0) is 39.0 Å². The summed E-state index contributed by atoms with van der Waals surface area (Å²) < 4.78 is 5.42. The van der Waals surface area contributed by atoms with Gasteiger partial charge in [-0.2, -0.15) is 0 Å². The standard InChI is InChI=1S/C14H25NO2/c1-14(2,3)17-13(16)15-9-8-12(10-15)11-6-4-5-7-11/h11-12H,4-10H2,1-3H3. The number of ether oxygens (including phenoxy) is 1. The highest BCUT2D eigenvalue weighted by molar-refractivity contribution is 5.68. The van der Waals surface area contributed by atoms with Gasteiger partial charge in [0, 0.05) is 13.1 Å². The van der Waals surface area contributed by atoms with E-state index >= 15 is 0 Å². The van der Waals surface area contributed by atoms with Crippen molar-refractivity contribution < 1.29 is 9.53 Å². The van der Waals surface area contributed by atoms with Crippen LogP contribution in [0.2, 0.25) is 0 Å². The molecule has 0 bridgehead atoms. The van der Waals surface area contributed by atoms with Gasteiger partial charge in [0.2, 0.25) is 0 Å². The molecule has 98 valence electrons. The molecule has 1 saturated carbocycles. The summed E-state index contributed by atoms with van der Waals surface area (Å²) >= 11 is 0. The van der Waals surface area contributed by atoms with Gasteiger partial charge in [0.1, 0.15) is 5.60 Å². The zero-order valence-corrected chi connectivity index (χ0v) is 11.4. The maximum absolute atomic E-state index is 11.9. The van der Waals surface area contributed by atoms with E-state index < -0.39 is 0 Å². The normalized spacial score (nSPS) is 26.5. The third-order valence-electron chi connectivity index (χ3n) is 3.94. The number of nitrogens with zero attached hydrogens (tertiary/aromatic N) is 1. The lowest BCUT2D eigenvalue weighted by Gasteiger charge is -2.25. The molecule has 1 amide bonds. The Hall–Kier alpha value is -0.730. The fourth-order valence-corrected chi connectivity index (χ4v) is 3.09. The van der Waals surface area contributed by atoms with Crippen molar-refractivity contribution in [3.8, 4) is 0 Å². The Morgan fingerprint density at radius 2 is 1.76 bits per heavy atom. The number of carbonyl (C=O) groups is 1. The molecule has 0 aromatic heterocycles. The first-order valence-corrected chi connectivity index (χ1v) is 6.93. The van der Waals surface area contributed by atoms with E-state index in [-0.39, 0.29) is 11.7 Å². The first-order chi connectivity index (χ1) is 7.96. The van der Waals surface area contributed by atoms with E-state index in [9.17, 15) is 4.79 Å². The molecule has 17 heavy (non-hydrogen) atoms. The second-order valence-corrected chi connectivity index (χ2v) is 6.52. The van der Waals surface area contributed by atoms with Crippen LogP contribution in [0.15, 0.2) is 0 Å². The van der Waals surface area contributed by atoms with E-state index in [4.69, 9.17) is 4.74 Å². The van der Waals surface area contributed by atoms with E-state index in [1.54, 1.807) is 0 Å². The van der Waals surface area contributed by atoms with E-state index in [1.165, 1.54) is 32.1 Å². The summed E-state index contributed by atoms with van der Waals surface area (Å²) in [6, 6.07) is 0. The lowest BCUT2D eigenvalue weighted by atomic mass is 9.90. The first-order valence-electron chi connectivity index (χ1n) is 6.93. The van der Waals surface area contributed by atoms with Crippen LogP contribution in [-0.4, -0.2) is 29.7 Å². The molecule has 1 aliphatic carbocycles. The molecule has 0 aromatic carbocycles. The number of carbonyl (C=O) groups excluding carboxylic acids is 1. The zero-order valence-electron chi connectivity index (χ0n) is 11.4. The maximum Gasteiger partial charge on any atom is 0.410 e. The Morgan fingerprint density at radius 3 is 2.35 bits per heavy atom. The zero-order chi connectivity index (χ0) is 12.5. The molecular weight excluding hydrogens is 214 g/mol. The topological polar surface area (TPSA) is 29.5 Å². The van der Waals surface area contributed by atoms with Crippen molar-refractivity contribution in [2.45, 2.75) is 58.5 Å². The summed E-state index contributed by atoms with van der Waals surface area (Å²) in [5.41, 5.74) is -0.372. The van der Waals surface area contributed by atoms with Gasteiger partial charge in [0.15, 0.2) is 0 Å². The van der Waals surface area contributed by atoms with Crippen molar-refractivity contribution in [1.82, 2.24) is 4.90 Å². The van der Waals surface area contributed by atoms with Crippen molar-refractivity contribution in [2.75, 3.05) is 13.1 Å². The van der Waals surface area contributed by atoms with Gasteiger partial charge in [-0.3, -0.25) is 0 Å². The molecule has 2 fully saturated rings. The Labute approximate surface area is 105 Å². The Bertz CT molecular complexity index is 276. The molecule has 0 spiro atoms. The number of hydrogen-bond acceptors (Lipinski definition) is 2. The van der Waals surface area contributed by atoms with Gasteiger partial charge in [-0.1, -0.05) is 25.7 Å². The van der Waals surface area contributed by atoms with Gasteiger partial charge < -0.3 is 9.64 Å². The predicted octanol–water partition coefficient (Wildman–Crippen LogP) is 3.43. The largest absolute Gasteiger partial charge is 0.444 e. The van der Waals surface area contributed by atoms with Gasteiger partial charge in [-0.25, -0.2) is 4.79 Å². The summed E-state index contributed by atoms with van der Waals surface area (Å²) in [6.07, 6.45) is 6.54. The summed E-state index contributed by atoms with van der Waals surface area (Å²) in [4.78, 5) is 13.8. The summed E-state index contributed by atoms with van der Waals surface area (Å²) in [6.45, 7) is 7.58. The smallest absolute Gasteiger partial charge is 0.410 e. The minimum absolute atomic E-state index is 0.127. The second kappa shape index (κ2) is 4.87. The highest BCUT2D eigenvalue weighted by atomic mass is 16.6. The van der Waals surface area contributed by atoms with Crippen LogP contribution in [0.25, 0.3) is 0 Å². The third kappa shape index (κ3) is 3.36. The van der Waals surface area contributed by atoms with Crippen LogP contribution in [-0.2, 0) is 4.74 Å². The fraction of sp³-hybridized carbons (Fsp3) is 0.929. The number of amides is 1. The molecule has 1 aliphatic heterocycles. The fourth-order valence-electron chi connectivity index (χ4n) is 3.09. The van der Waals surface area contributed by atoms with Crippen LogP contribution in [0, 0.1) is 11.8 Å². The van der Waals surface area contributed by atoms with E-state index in [2.05, 4.69) is 0 Å². The molecule has 2 rings (SSSR count). The van der Waals surface area contributed by atoms with Crippen molar-refractivity contribution in [3.05, 3.63) is 0 Å². The highest BCUT2D eigenvalue weighted by Crippen LogP contribution is 2.36. The lowest BCUT2D eigenvalue weighted by molar-refractivity contribution is 0.0284. The molecular formula is C14H25NO2. The molecule has 2 aliphatic rings. The lowest BCUT2D eigenvalue weighted by Crippen LogP contribution is -2.35. The maximum atomic E-state index is 11.9. The quantitative estimate of drug-likeness (QED) is 0.701. The molecule has 0 aromatic rings. The van der Waals surface area contributed by atoms with Gasteiger partial charge >= 0.3 is 6.09 Å². The number of hydrogen-bond donors (Lipinski definition) is 0. The molecule has 1 unspecified atom stereocenters. The Morgan fingerprint density at radius 1 is 1.12 bits per heavy atom. The predicted molar refractivity (Wildman–Crippen MR) is 67.9 cm³/mol. The molecule has 1 heterocycles. The molecule has 3 nitrogen and oxygen atoms in total. The summed E-state index contributed by atoms with van der Waals surface area (Å²) in [5.74, 6) is 1.59. The van der Waals surface area contributed by atoms with E-state index in [0.29, 0.717) is 0 Å². The van der Waals surface area contributed by atoms with E-state index in [1.807, 2.05) is 25.7 Å². The van der Waals surface area contributed by atoms with Crippen molar-refractivity contribution >= 4 is 6.09 Å². The minimum atomic E-state index is -0.372. The minimum Gasteiger partial charge on any atom is -0.444 e. The van der Waals surface area contributed by atoms with Crippen LogP contribution in [0.5, 0.6) is 0 Å². The first kappa shape index (κ1) is 12.7. The molecule has 1 atom stereocenters. The third-order valence-corrected chi connectivity index (χ3v) is 3.94. The average molecular weight is 239 g/mol. The van der Waals surface area contributed by atoms with Crippen molar-refractivity contribution in [1.29, 1.82) is 0 Å². The molecule has 3 heteroatoms.